The summed E-state index contributed by atoms with van der Waals surface area (Å²) in [5.74, 6) is 6.82. The summed E-state index contributed by atoms with van der Waals surface area (Å²) >= 11 is 0. The second-order valence-corrected chi connectivity index (χ2v) is 17.8. The predicted molar refractivity (Wildman–Crippen MR) is 231 cm³/mol. The lowest BCUT2D eigenvalue weighted by Crippen LogP contribution is -2.49. The third-order valence-corrected chi connectivity index (χ3v) is 14.5. The summed E-state index contributed by atoms with van der Waals surface area (Å²) in [6.07, 6.45) is 7.80. The Labute approximate surface area is 338 Å². The molecule has 2 heterocycles. The second-order valence-electron chi connectivity index (χ2n) is 17.8. The molecule has 58 heavy (non-hydrogen) atoms. The summed E-state index contributed by atoms with van der Waals surface area (Å²) in [4.78, 5) is 16.1. The summed E-state index contributed by atoms with van der Waals surface area (Å²) in [5.41, 5.74) is 11.5. The van der Waals surface area contributed by atoms with Crippen LogP contribution in [0.4, 0.5) is 0 Å². The van der Waals surface area contributed by atoms with Gasteiger partial charge in [0.05, 0.1) is 5.41 Å². The zero-order valence-corrected chi connectivity index (χ0v) is 32.2. The minimum absolute atomic E-state index is 0.0509. The van der Waals surface area contributed by atoms with E-state index in [4.69, 9.17) is 19.7 Å². The van der Waals surface area contributed by atoms with Gasteiger partial charge in [-0.2, -0.15) is 0 Å². The molecule has 4 saturated carbocycles. The lowest BCUT2D eigenvalue weighted by Gasteiger charge is -2.56. The van der Waals surface area contributed by atoms with E-state index in [1.165, 1.54) is 93.8 Å². The Morgan fingerprint density at radius 3 is 1.72 bits per heavy atom. The van der Waals surface area contributed by atoms with Gasteiger partial charge in [-0.05, 0) is 119 Å². The molecule has 1 aliphatic heterocycles. The molecule has 0 unspecified atom stereocenters. The number of ether oxygens (including phenoxy) is 1. The van der Waals surface area contributed by atoms with Crippen molar-refractivity contribution in [2.45, 2.75) is 49.4 Å². The van der Waals surface area contributed by atoms with E-state index in [2.05, 4.69) is 158 Å². The van der Waals surface area contributed by atoms with Crippen LogP contribution >= 0.6 is 0 Å². The molecule has 8 aromatic rings. The molecule has 0 saturated heterocycles. The molecule has 1 spiro atoms. The van der Waals surface area contributed by atoms with E-state index in [1.54, 1.807) is 0 Å². The highest BCUT2D eigenvalue weighted by Crippen LogP contribution is 2.63. The standard InChI is InChI=1S/C54H41N3O/c1-2-12-40-37(10-1)11-9-14-42(40)51-55-50(56-52(57-51)53-30-33-26-34(31-53)28-35(27-33)32-53)38-22-20-36(21-23-38)39-24-25-45-43(29-39)41-13-3-4-15-44(41)54(45)46-16-5-7-18-48(46)58-49-19-8-6-17-47(49)54/h1-25,29,33-35H,26-28,30-32H2. The number of aromatic nitrogens is 3. The fourth-order valence-electron chi connectivity index (χ4n) is 12.5. The van der Waals surface area contributed by atoms with E-state index in [1.807, 2.05) is 0 Å². The molecule has 0 amide bonds. The molecule has 4 fully saturated rings. The Morgan fingerprint density at radius 2 is 0.983 bits per heavy atom. The van der Waals surface area contributed by atoms with Crippen molar-refractivity contribution in [2.75, 3.05) is 0 Å². The first-order valence-electron chi connectivity index (χ1n) is 21.1. The Kier molecular flexibility index (Phi) is 6.80. The highest BCUT2D eigenvalue weighted by Gasteiger charge is 2.54. The Hall–Kier alpha value is -6.39. The average molecular weight is 748 g/mol. The monoisotopic (exact) mass is 747 g/mol. The molecule has 6 aliphatic rings. The summed E-state index contributed by atoms with van der Waals surface area (Å²) in [6.45, 7) is 0. The number of hydrogen-bond donors (Lipinski definition) is 0. The maximum atomic E-state index is 6.54. The maximum Gasteiger partial charge on any atom is 0.164 e. The van der Waals surface area contributed by atoms with Crippen molar-refractivity contribution in [3.05, 3.63) is 186 Å². The number of fused-ring (bicyclic) bond motifs is 10. The van der Waals surface area contributed by atoms with Gasteiger partial charge in [0.15, 0.2) is 11.6 Å². The number of para-hydroxylation sites is 2. The van der Waals surface area contributed by atoms with Gasteiger partial charge in [-0.25, -0.2) is 15.0 Å². The highest BCUT2D eigenvalue weighted by atomic mass is 16.5. The smallest absolute Gasteiger partial charge is 0.164 e. The van der Waals surface area contributed by atoms with Crippen molar-refractivity contribution in [1.29, 1.82) is 0 Å². The topological polar surface area (TPSA) is 47.9 Å². The zero-order chi connectivity index (χ0) is 38.0. The highest BCUT2D eigenvalue weighted by molar-refractivity contribution is 5.95. The number of rotatable bonds is 4. The SMILES string of the molecule is c1ccc2c(c1)Oc1ccccc1C21c2ccccc2-c2cc(-c3ccc(-c4nc(-c5cccc6ccccc56)nc(C56CC7CC(CC(C7)C5)C6)n4)cc3)ccc21. The Bertz CT molecular complexity index is 2900. The average Bonchev–Trinajstić information content (AvgIpc) is 3.55. The van der Waals surface area contributed by atoms with Crippen LogP contribution in [-0.2, 0) is 10.8 Å². The quantitative estimate of drug-likeness (QED) is 0.180. The molecule has 7 aromatic carbocycles. The van der Waals surface area contributed by atoms with E-state index in [9.17, 15) is 0 Å². The van der Waals surface area contributed by atoms with Crippen LogP contribution in [-0.4, -0.2) is 15.0 Å². The van der Waals surface area contributed by atoms with Crippen LogP contribution in [0.2, 0.25) is 0 Å². The maximum absolute atomic E-state index is 6.54. The van der Waals surface area contributed by atoms with Crippen LogP contribution in [0.15, 0.2) is 158 Å². The molecule has 4 heteroatoms. The van der Waals surface area contributed by atoms with Crippen LogP contribution in [0, 0.1) is 17.8 Å². The second kappa shape index (κ2) is 12.1. The third kappa shape index (κ3) is 4.60. The molecular formula is C54H41N3O. The van der Waals surface area contributed by atoms with Gasteiger partial charge in [-0.15, -0.1) is 0 Å². The van der Waals surface area contributed by atoms with Gasteiger partial charge in [-0.1, -0.05) is 140 Å². The van der Waals surface area contributed by atoms with Crippen LogP contribution in [0.3, 0.4) is 0 Å². The fraction of sp³-hybridized carbons (Fsp3) is 0.204. The first-order valence-corrected chi connectivity index (χ1v) is 21.1. The van der Waals surface area contributed by atoms with Gasteiger partial charge < -0.3 is 4.74 Å². The van der Waals surface area contributed by atoms with Crippen LogP contribution < -0.4 is 4.74 Å². The van der Waals surface area contributed by atoms with E-state index in [0.29, 0.717) is 0 Å². The fourth-order valence-corrected chi connectivity index (χ4v) is 12.5. The molecule has 5 aliphatic carbocycles. The van der Waals surface area contributed by atoms with Gasteiger partial charge in [0.2, 0.25) is 0 Å². The number of hydrogen-bond acceptors (Lipinski definition) is 4. The van der Waals surface area contributed by atoms with Crippen molar-refractivity contribution >= 4 is 10.8 Å². The Morgan fingerprint density at radius 1 is 0.431 bits per heavy atom. The summed E-state index contributed by atoms with van der Waals surface area (Å²) < 4.78 is 6.54. The third-order valence-electron chi connectivity index (χ3n) is 14.5. The summed E-state index contributed by atoms with van der Waals surface area (Å²) in [6, 6.07) is 57.1. The normalized spacial score (nSPS) is 22.6. The van der Waals surface area contributed by atoms with Gasteiger partial charge in [0.1, 0.15) is 17.3 Å². The molecule has 0 radical (unpaired) electrons. The predicted octanol–water partition coefficient (Wildman–Crippen LogP) is 13.0. The lowest BCUT2D eigenvalue weighted by atomic mass is 9.49. The van der Waals surface area contributed by atoms with Crippen LogP contribution in [0.25, 0.3) is 55.8 Å². The van der Waals surface area contributed by atoms with Gasteiger partial charge in [0.25, 0.3) is 0 Å². The molecule has 0 atom stereocenters. The summed E-state index contributed by atoms with van der Waals surface area (Å²) in [7, 11) is 0. The number of benzene rings is 7. The zero-order valence-electron chi connectivity index (χ0n) is 32.2. The van der Waals surface area contributed by atoms with Gasteiger partial charge in [0, 0.05) is 27.7 Å². The molecule has 1 aromatic heterocycles. The Balaban J connectivity index is 0.931. The molecule has 4 bridgehead atoms. The van der Waals surface area contributed by atoms with Crippen molar-refractivity contribution in [2.24, 2.45) is 17.8 Å². The van der Waals surface area contributed by atoms with Gasteiger partial charge >= 0.3 is 0 Å². The first kappa shape index (κ1) is 32.7. The van der Waals surface area contributed by atoms with Crippen LogP contribution in [0.5, 0.6) is 11.5 Å². The van der Waals surface area contributed by atoms with Crippen molar-refractivity contribution in [3.63, 3.8) is 0 Å². The van der Waals surface area contributed by atoms with E-state index >= 15 is 0 Å². The number of nitrogens with zero attached hydrogens (tertiary/aromatic N) is 3. The minimum atomic E-state index is -0.464. The minimum Gasteiger partial charge on any atom is -0.457 e. The van der Waals surface area contributed by atoms with E-state index < -0.39 is 5.41 Å². The van der Waals surface area contributed by atoms with Crippen molar-refractivity contribution in [1.82, 2.24) is 15.0 Å². The van der Waals surface area contributed by atoms with Gasteiger partial charge in [-0.3, -0.25) is 0 Å². The van der Waals surface area contributed by atoms with Crippen LogP contribution in [0.1, 0.15) is 66.6 Å². The van der Waals surface area contributed by atoms with Crippen molar-refractivity contribution < 1.29 is 4.74 Å². The molecule has 278 valence electrons. The molecule has 0 N–H and O–H groups in total. The first-order chi connectivity index (χ1) is 28.6. The van der Waals surface area contributed by atoms with E-state index in [0.717, 1.165) is 57.9 Å². The lowest BCUT2D eigenvalue weighted by molar-refractivity contribution is -0.00938. The van der Waals surface area contributed by atoms with E-state index in [-0.39, 0.29) is 5.41 Å². The summed E-state index contributed by atoms with van der Waals surface area (Å²) in [5, 5.41) is 2.39. The van der Waals surface area contributed by atoms with Crippen molar-refractivity contribution in [3.8, 4) is 56.5 Å². The largest absolute Gasteiger partial charge is 0.457 e. The molecule has 14 rings (SSSR count). The molecule has 4 nitrogen and oxygen atoms in total. The molecular weight excluding hydrogens is 707 g/mol.